The third-order valence-corrected chi connectivity index (χ3v) is 13.1. The number of ether oxygens (including phenoxy) is 10. The van der Waals surface area contributed by atoms with Gasteiger partial charge in [-0.3, -0.25) is 9.59 Å². The number of carbonyl (C=O) groups is 4. The first-order chi connectivity index (χ1) is 31.0. The Balaban J connectivity index is 1.16. The van der Waals surface area contributed by atoms with Gasteiger partial charge in [-0.05, 0) is 32.1 Å². The largest absolute Gasteiger partial charge is 0.468 e. The summed E-state index contributed by atoms with van der Waals surface area (Å²) in [5.74, 6) is -6.59. The Morgan fingerprint density at radius 3 is 1.88 bits per heavy atom. The maximum absolute atomic E-state index is 14.0. The first-order valence-corrected chi connectivity index (χ1v) is 21.5. The summed E-state index contributed by atoms with van der Waals surface area (Å²) in [6.45, 7) is 5.28. The molecule has 0 aromatic heterocycles. The van der Waals surface area contributed by atoms with Crippen molar-refractivity contribution in [3.8, 4) is 0 Å². The first kappa shape index (κ1) is 50.4. The second-order valence-corrected chi connectivity index (χ2v) is 17.1. The van der Waals surface area contributed by atoms with Crippen LogP contribution in [0.3, 0.4) is 0 Å². The second kappa shape index (κ2) is 21.7. The Bertz CT molecular complexity index is 1840. The predicted octanol–water partition coefficient (Wildman–Crippen LogP) is -1.90. The molecule has 5 heterocycles. The standard InChI is InChI=1S/C43H60O22/c1-6-19-21-9-29(46)57-14-23-17(3)8-26(31(23)18(4)13-58-39(55)25(21)16-60-40(19)64-42-36(52)34(50)32(48)27(11-44)62-42)61-30(47)10-22-20(7-2)41(59-15-24(22)38(54)56-5)65-43-37(53)35(51)33(49)28(12-45)63-43/h6-7,15-18,21-23,26-28,31-37,40-45,48-53H,8-14H2,1-5H3/b19-6?,20-7+/t17-,18-,21-,22-,23+,26-,27+,28+,31-,32+,33+,34-,35-,36+,37+,40-,41-,42-,43-/m0/s1. The fourth-order valence-electron chi connectivity index (χ4n) is 9.48. The molecule has 364 valence electrons. The Labute approximate surface area is 373 Å². The van der Waals surface area contributed by atoms with E-state index >= 15 is 0 Å². The summed E-state index contributed by atoms with van der Waals surface area (Å²) in [7, 11) is 1.14. The maximum atomic E-state index is 14.0. The Kier molecular flexibility index (Phi) is 16.8. The van der Waals surface area contributed by atoms with Crippen molar-refractivity contribution in [2.24, 2.45) is 35.5 Å². The van der Waals surface area contributed by atoms with Gasteiger partial charge >= 0.3 is 23.9 Å². The molecule has 6 rings (SSSR count). The number of fused-ring (bicyclic) bond motifs is 2. The highest BCUT2D eigenvalue weighted by Crippen LogP contribution is 2.45. The quantitative estimate of drug-likeness (QED) is 0.0674. The Hall–Kier alpha value is -4.04. The summed E-state index contributed by atoms with van der Waals surface area (Å²) in [5.41, 5.74) is 0.384. The van der Waals surface area contributed by atoms with Crippen LogP contribution in [0.2, 0.25) is 0 Å². The lowest BCUT2D eigenvalue weighted by atomic mass is 9.81. The number of allylic oxidation sites excluding steroid dienone is 2. The molecule has 8 N–H and O–H groups in total. The van der Waals surface area contributed by atoms with Crippen LogP contribution < -0.4 is 0 Å². The maximum Gasteiger partial charge on any atom is 0.337 e. The monoisotopic (exact) mass is 928 g/mol. The van der Waals surface area contributed by atoms with Gasteiger partial charge in [-0.15, -0.1) is 0 Å². The van der Waals surface area contributed by atoms with Crippen LogP contribution in [0.4, 0.5) is 0 Å². The van der Waals surface area contributed by atoms with E-state index in [-0.39, 0.29) is 53.8 Å². The van der Waals surface area contributed by atoms with Crippen molar-refractivity contribution >= 4 is 23.9 Å². The number of rotatable bonds is 10. The summed E-state index contributed by atoms with van der Waals surface area (Å²) in [5, 5.41) is 81.5. The van der Waals surface area contributed by atoms with Gasteiger partial charge in [0.1, 0.15) is 54.9 Å². The van der Waals surface area contributed by atoms with Crippen LogP contribution in [0.5, 0.6) is 0 Å². The number of aliphatic hydroxyl groups is 8. The number of hydrogen-bond acceptors (Lipinski definition) is 22. The normalized spacial score (nSPS) is 42.6. The molecule has 0 radical (unpaired) electrons. The van der Waals surface area contributed by atoms with Gasteiger partial charge in [0.15, 0.2) is 12.6 Å². The van der Waals surface area contributed by atoms with Crippen molar-refractivity contribution in [3.63, 3.8) is 0 Å². The topological polar surface area (TPSA) is 322 Å². The third-order valence-electron chi connectivity index (χ3n) is 13.1. The number of methoxy groups -OCH3 is 1. The van der Waals surface area contributed by atoms with Crippen molar-refractivity contribution in [1.82, 2.24) is 0 Å². The molecule has 4 fully saturated rings. The molecule has 0 aromatic rings. The van der Waals surface area contributed by atoms with E-state index in [2.05, 4.69) is 0 Å². The molecule has 6 aliphatic rings. The lowest BCUT2D eigenvalue weighted by molar-refractivity contribution is -0.327. The summed E-state index contributed by atoms with van der Waals surface area (Å²) >= 11 is 0. The molecule has 3 saturated heterocycles. The predicted molar refractivity (Wildman–Crippen MR) is 213 cm³/mol. The molecule has 1 aliphatic carbocycles. The molecule has 19 atom stereocenters. The molecular formula is C43H60O22. The highest BCUT2D eigenvalue weighted by Gasteiger charge is 2.51. The second-order valence-electron chi connectivity index (χ2n) is 17.1. The van der Waals surface area contributed by atoms with Crippen LogP contribution in [-0.2, 0) is 66.5 Å². The van der Waals surface area contributed by atoms with E-state index in [0.29, 0.717) is 6.42 Å². The van der Waals surface area contributed by atoms with Crippen molar-refractivity contribution in [2.75, 3.05) is 33.5 Å². The van der Waals surface area contributed by atoms with E-state index in [1.807, 2.05) is 6.92 Å². The average molecular weight is 929 g/mol. The molecule has 0 spiro atoms. The zero-order chi connectivity index (χ0) is 47.4. The minimum atomic E-state index is -1.77. The highest BCUT2D eigenvalue weighted by molar-refractivity contribution is 5.91. The molecule has 5 aliphatic heterocycles. The van der Waals surface area contributed by atoms with Gasteiger partial charge in [0.2, 0.25) is 12.6 Å². The zero-order valence-corrected chi connectivity index (χ0v) is 36.5. The minimum Gasteiger partial charge on any atom is -0.468 e. The van der Waals surface area contributed by atoms with Gasteiger partial charge in [-0.25, -0.2) is 9.59 Å². The van der Waals surface area contributed by atoms with E-state index in [0.717, 1.165) is 19.6 Å². The van der Waals surface area contributed by atoms with Crippen LogP contribution in [0.25, 0.3) is 0 Å². The smallest absolute Gasteiger partial charge is 0.337 e. The van der Waals surface area contributed by atoms with Crippen molar-refractivity contribution in [3.05, 3.63) is 47.0 Å². The molecule has 0 bridgehead atoms. The van der Waals surface area contributed by atoms with Crippen molar-refractivity contribution < 1.29 is 107 Å². The first-order valence-electron chi connectivity index (χ1n) is 21.5. The van der Waals surface area contributed by atoms with Gasteiger partial charge in [-0.1, -0.05) is 26.0 Å². The highest BCUT2D eigenvalue weighted by atomic mass is 16.8. The Morgan fingerprint density at radius 2 is 1.32 bits per heavy atom. The summed E-state index contributed by atoms with van der Waals surface area (Å²) in [4.78, 5) is 54.3. The molecule has 22 nitrogen and oxygen atoms in total. The fraction of sp³-hybridized carbons (Fsp3) is 0.721. The molecule has 0 amide bonds. The van der Waals surface area contributed by atoms with Gasteiger partial charge in [-0.2, -0.15) is 0 Å². The van der Waals surface area contributed by atoms with Crippen LogP contribution in [0.1, 0.15) is 47.0 Å². The van der Waals surface area contributed by atoms with E-state index in [1.54, 1.807) is 26.8 Å². The van der Waals surface area contributed by atoms with E-state index in [1.165, 1.54) is 6.08 Å². The van der Waals surface area contributed by atoms with E-state index < -0.39 is 147 Å². The van der Waals surface area contributed by atoms with E-state index in [9.17, 15) is 60.0 Å². The lowest BCUT2D eigenvalue weighted by Crippen LogP contribution is -2.60. The number of carbonyl (C=O) groups excluding carboxylic acids is 4. The average Bonchev–Trinajstić information content (AvgIpc) is 3.60. The van der Waals surface area contributed by atoms with Crippen LogP contribution in [0, 0.1) is 35.5 Å². The van der Waals surface area contributed by atoms with Crippen molar-refractivity contribution in [2.45, 2.75) is 127 Å². The summed E-state index contributed by atoms with van der Waals surface area (Å²) in [6.07, 6.45) is -14.8. The van der Waals surface area contributed by atoms with Gasteiger partial charge in [0, 0.05) is 34.8 Å². The zero-order valence-electron chi connectivity index (χ0n) is 36.5. The molecule has 1 saturated carbocycles. The number of aliphatic hydroxyl groups excluding tert-OH is 8. The van der Waals surface area contributed by atoms with Crippen LogP contribution >= 0.6 is 0 Å². The number of hydrogen-bond donors (Lipinski definition) is 8. The molecule has 0 aromatic carbocycles. The van der Waals surface area contributed by atoms with Gasteiger partial charge in [0.25, 0.3) is 0 Å². The minimum absolute atomic E-state index is 0.0460. The third kappa shape index (κ3) is 10.6. The molecule has 65 heavy (non-hydrogen) atoms. The van der Waals surface area contributed by atoms with Crippen LogP contribution in [0.15, 0.2) is 47.0 Å². The number of esters is 4. The van der Waals surface area contributed by atoms with Gasteiger partial charge < -0.3 is 88.2 Å². The Morgan fingerprint density at radius 1 is 0.754 bits per heavy atom. The van der Waals surface area contributed by atoms with Crippen molar-refractivity contribution in [1.29, 1.82) is 0 Å². The summed E-state index contributed by atoms with van der Waals surface area (Å²) in [6, 6.07) is 0. The fourth-order valence-corrected chi connectivity index (χ4v) is 9.48. The number of cyclic esters (lactones) is 2. The SMILES string of the molecule is CC=C1[C@H](O[C@@H]2O[C@H](CO)[C@@H](O)[C@H](O)[C@H]2O)OC=C2C(=O)OC[C@H](C)[C@H]3[C@H](COC(=O)C[C@H]21)[C@@H](C)C[C@@H]3OC(=O)C[C@@H]1C(C(=O)OC)=CO[C@@H](O[C@@H]2O[C@H](CO)[C@@H](O)[C@H](O)[C@H]2O)/C1=C/C. The summed E-state index contributed by atoms with van der Waals surface area (Å²) < 4.78 is 56.9. The van der Waals surface area contributed by atoms with Gasteiger partial charge in [0.05, 0.1) is 70.0 Å². The van der Waals surface area contributed by atoms with E-state index in [4.69, 9.17) is 47.4 Å². The lowest BCUT2D eigenvalue weighted by Gasteiger charge is -2.42. The van der Waals surface area contributed by atoms with Crippen LogP contribution in [-0.4, -0.2) is 178 Å². The molecule has 0 unspecified atom stereocenters. The molecular weight excluding hydrogens is 868 g/mol. The molecule has 22 heteroatoms.